The van der Waals surface area contributed by atoms with Crippen LogP contribution < -0.4 is 5.32 Å². The Labute approximate surface area is 148 Å². The third kappa shape index (κ3) is 3.51. The van der Waals surface area contributed by atoms with E-state index in [-0.39, 0.29) is 16.3 Å². The Morgan fingerprint density at radius 1 is 1.20 bits per heavy atom. The van der Waals surface area contributed by atoms with Crippen molar-refractivity contribution < 1.29 is 9.72 Å². The largest absolute Gasteiger partial charge is 0.306 e. The quantitative estimate of drug-likeness (QED) is 0.565. The van der Waals surface area contributed by atoms with Gasteiger partial charge in [0, 0.05) is 18.2 Å². The molecular formula is C17H13ClN4O3. The molecule has 0 aliphatic carbocycles. The van der Waals surface area contributed by atoms with Gasteiger partial charge in [-0.2, -0.15) is 5.10 Å². The van der Waals surface area contributed by atoms with Gasteiger partial charge in [-0.3, -0.25) is 14.9 Å². The number of halogens is 1. The molecule has 2 aromatic carbocycles. The number of nitro groups is 1. The van der Waals surface area contributed by atoms with E-state index in [1.165, 1.54) is 12.1 Å². The van der Waals surface area contributed by atoms with Gasteiger partial charge >= 0.3 is 0 Å². The molecule has 0 bridgehead atoms. The monoisotopic (exact) mass is 356 g/mol. The molecule has 0 saturated carbocycles. The number of carbonyl (C=O) groups is 1. The van der Waals surface area contributed by atoms with Gasteiger partial charge in [0.05, 0.1) is 26.9 Å². The summed E-state index contributed by atoms with van der Waals surface area (Å²) in [5.41, 5.74) is 1.30. The van der Waals surface area contributed by atoms with Gasteiger partial charge in [0.15, 0.2) is 0 Å². The van der Waals surface area contributed by atoms with Gasteiger partial charge in [-0.25, -0.2) is 4.68 Å². The summed E-state index contributed by atoms with van der Waals surface area (Å²) in [6, 6.07) is 14.7. The summed E-state index contributed by atoms with van der Waals surface area (Å²) in [4.78, 5) is 22.9. The van der Waals surface area contributed by atoms with E-state index < -0.39 is 10.8 Å². The highest BCUT2D eigenvalue weighted by Gasteiger charge is 2.18. The summed E-state index contributed by atoms with van der Waals surface area (Å²) in [6.07, 6.45) is 0. The number of hydrogen-bond acceptors (Lipinski definition) is 4. The van der Waals surface area contributed by atoms with Gasteiger partial charge in [0.1, 0.15) is 5.82 Å². The number of nitrogens with zero attached hydrogens (tertiary/aromatic N) is 3. The Balaban J connectivity index is 1.95. The maximum Gasteiger partial charge on any atom is 0.270 e. The fraction of sp³-hybridized carbons (Fsp3) is 0.0588. The minimum atomic E-state index is -0.578. The normalized spacial score (nSPS) is 10.5. The molecule has 126 valence electrons. The Morgan fingerprint density at radius 3 is 2.60 bits per heavy atom. The predicted octanol–water partition coefficient (Wildman–Crippen LogP) is 3.99. The van der Waals surface area contributed by atoms with E-state index in [4.69, 9.17) is 11.6 Å². The first-order chi connectivity index (χ1) is 12.0. The maximum absolute atomic E-state index is 12.5. The standard InChI is InChI=1S/C17H13ClN4O3/c1-11-9-16(21(20-11)12-5-3-2-4-6-12)19-17(23)14-10-13(22(24)25)7-8-15(14)18/h2-10H,1H3,(H,19,23). The second-order valence-electron chi connectivity index (χ2n) is 5.29. The molecule has 1 aromatic heterocycles. The molecule has 7 nitrogen and oxygen atoms in total. The second kappa shape index (κ2) is 6.74. The lowest BCUT2D eigenvalue weighted by molar-refractivity contribution is -0.384. The van der Waals surface area contributed by atoms with E-state index in [1.807, 2.05) is 30.3 Å². The lowest BCUT2D eigenvalue weighted by Crippen LogP contribution is -2.15. The van der Waals surface area contributed by atoms with Crippen molar-refractivity contribution in [2.75, 3.05) is 5.32 Å². The Morgan fingerprint density at radius 2 is 1.92 bits per heavy atom. The highest BCUT2D eigenvalue weighted by Crippen LogP contribution is 2.24. The molecule has 0 aliphatic heterocycles. The molecule has 0 aliphatic rings. The summed E-state index contributed by atoms with van der Waals surface area (Å²) < 4.78 is 1.58. The molecule has 1 N–H and O–H groups in total. The molecule has 8 heteroatoms. The van der Waals surface area contributed by atoms with Gasteiger partial charge in [-0.1, -0.05) is 29.8 Å². The van der Waals surface area contributed by atoms with Crippen LogP contribution in [0, 0.1) is 17.0 Å². The minimum absolute atomic E-state index is 0.0225. The third-order valence-corrected chi connectivity index (χ3v) is 3.81. The van der Waals surface area contributed by atoms with Crippen LogP contribution in [-0.2, 0) is 0 Å². The Kier molecular flexibility index (Phi) is 4.49. The molecule has 1 heterocycles. The zero-order valence-electron chi connectivity index (χ0n) is 13.1. The molecule has 3 rings (SSSR count). The van der Waals surface area contributed by atoms with Crippen LogP contribution in [0.25, 0.3) is 5.69 Å². The fourth-order valence-corrected chi connectivity index (χ4v) is 2.54. The summed E-state index contributed by atoms with van der Waals surface area (Å²) in [5.74, 6) is -0.109. The number of amides is 1. The van der Waals surface area contributed by atoms with Crippen LogP contribution in [0.5, 0.6) is 0 Å². The van der Waals surface area contributed by atoms with Crippen LogP contribution in [0.15, 0.2) is 54.6 Å². The molecule has 25 heavy (non-hydrogen) atoms. The molecule has 0 atom stereocenters. The number of hydrogen-bond donors (Lipinski definition) is 1. The van der Waals surface area contributed by atoms with E-state index in [1.54, 1.807) is 17.7 Å². The molecule has 0 saturated heterocycles. The summed E-state index contributed by atoms with van der Waals surface area (Å²) in [5, 5.41) is 18.1. The van der Waals surface area contributed by atoms with E-state index in [2.05, 4.69) is 10.4 Å². The van der Waals surface area contributed by atoms with Gasteiger partial charge in [-0.15, -0.1) is 0 Å². The van der Waals surface area contributed by atoms with Gasteiger partial charge in [-0.05, 0) is 25.1 Å². The van der Waals surface area contributed by atoms with Crippen LogP contribution in [0.2, 0.25) is 5.02 Å². The second-order valence-corrected chi connectivity index (χ2v) is 5.70. The lowest BCUT2D eigenvalue weighted by atomic mass is 10.2. The van der Waals surface area contributed by atoms with Crippen molar-refractivity contribution in [1.82, 2.24) is 9.78 Å². The van der Waals surface area contributed by atoms with Gasteiger partial charge in [0.25, 0.3) is 11.6 Å². The molecule has 1 amide bonds. The van der Waals surface area contributed by atoms with Crippen LogP contribution in [0.1, 0.15) is 16.1 Å². The van der Waals surface area contributed by atoms with E-state index >= 15 is 0 Å². The first-order valence-electron chi connectivity index (χ1n) is 7.33. The summed E-state index contributed by atoms with van der Waals surface area (Å²) >= 11 is 6.02. The molecule has 0 unspecified atom stereocenters. The zero-order valence-corrected chi connectivity index (χ0v) is 13.9. The summed E-state index contributed by atoms with van der Waals surface area (Å²) in [7, 11) is 0. The number of nitro benzene ring substituents is 1. The number of non-ortho nitro benzene ring substituents is 1. The van der Waals surface area contributed by atoms with E-state index in [9.17, 15) is 14.9 Å². The van der Waals surface area contributed by atoms with Crippen LogP contribution in [-0.4, -0.2) is 20.6 Å². The average Bonchev–Trinajstić information content (AvgIpc) is 2.96. The van der Waals surface area contributed by atoms with Gasteiger partial charge < -0.3 is 5.32 Å². The molecule has 3 aromatic rings. The van der Waals surface area contributed by atoms with Crippen molar-refractivity contribution in [1.29, 1.82) is 0 Å². The number of carbonyl (C=O) groups excluding carboxylic acids is 1. The van der Waals surface area contributed by atoms with Crippen LogP contribution in [0.4, 0.5) is 11.5 Å². The number of anilines is 1. The number of benzene rings is 2. The highest BCUT2D eigenvalue weighted by atomic mass is 35.5. The topological polar surface area (TPSA) is 90.1 Å². The van der Waals surface area contributed by atoms with Crippen molar-refractivity contribution in [3.8, 4) is 5.69 Å². The predicted molar refractivity (Wildman–Crippen MR) is 94.4 cm³/mol. The number of aryl methyl sites for hydroxylation is 1. The lowest BCUT2D eigenvalue weighted by Gasteiger charge is -2.09. The molecule has 0 fully saturated rings. The van der Waals surface area contributed by atoms with Gasteiger partial charge in [0.2, 0.25) is 0 Å². The Bertz CT molecular complexity index is 954. The zero-order chi connectivity index (χ0) is 18.0. The average molecular weight is 357 g/mol. The smallest absolute Gasteiger partial charge is 0.270 e. The molecule has 0 radical (unpaired) electrons. The van der Waals surface area contributed by atoms with Crippen molar-refractivity contribution in [3.05, 3.63) is 81.0 Å². The number of nitrogens with one attached hydrogen (secondary N) is 1. The number of para-hydroxylation sites is 1. The third-order valence-electron chi connectivity index (χ3n) is 3.48. The Hall–Kier alpha value is -3.19. The van der Waals surface area contributed by atoms with Crippen molar-refractivity contribution in [2.45, 2.75) is 6.92 Å². The van der Waals surface area contributed by atoms with Crippen LogP contribution in [0.3, 0.4) is 0 Å². The number of aromatic nitrogens is 2. The highest BCUT2D eigenvalue weighted by molar-refractivity contribution is 6.34. The van der Waals surface area contributed by atoms with Crippen molar-refractivity contribution >= 4 is 29.0 Å². The van der Waals surface area contributed by atoms with E-state index in [0.29, 0.717) is 11.5 Å². The van der Waals surface area contributed by atoms with Crippen molar-refractivity contribution in [3.63, 3.8) is 0 Å². The van der Waals surface area contributed by atoms with Crippen molar-refractivity contribution in [2.24, 2.45) is 0 Å². The maximum atomic E-state index is 12.5. The number of rotatable bonds is 4. The minimum Gasteiger partial charge on any atom is -0.306 e. The van der Waals surface area contributed by atoms with Crippen LogP contribution >= 0.6 is 11.6 Å². The molecule has 0 spiro atoms. The summed E-state index contributed by atoms with van der Waals surface area (Å²) in [6.45, 7) is 1.80. The SMILES string of the molecule is Cc1cc(NC(=O)c2cc([N+](=O)[O-])ccc2Cl)n(-c2ccccc2)n1. The first-order valence-corrected chi connectivity index (χ1v) is 7.71. The fourth-order valence-electron chi connectivity index (χ4n) is 2.34. The van der Waals surface area contributed by atoms with E-state index in [0.717, 1.165) is 11.8 Å². The first kappa shape index (κ1) is 16.7. The molecular weight excluding hydrogens is 344 g/mol.